The lowest BCUT2D eigenvalue weighted by Gasteiger charge is -2.12. The van der Waals surface area contributed by atoms with E-state index in [0.717, 1.165) is 17.7 Å². The Morgan fingerprint density at radius 1 is 1.26 bits per heavy atom. The maximum Gasteiger partial charge on any atom is 0.236 e. The van der Waals surface area contributed by atoms with Crippen LogP contribution in [0.4, 0.5) is 0 Å². The SMILES string of the molecule is CCCNC(=O)[C@@H](C)NCc1ccc(-c2cccc(Cl)c2Cl)o1. The molecule has 23 heavy (non-hydrogen) atoms. The van der Waals surface area contributed by atoms with Gasteiger partial charge in [-0.3, -0.25) is 10.1 Å². The van der Waals surface area contributed by atoms with Gasteiger partial charge in [-0.15, -0.1) is 0 Å². The number of halogens is 2. The Kier molecular flexibility index (Phi) is 6.51. The zero-order valence-electron chi connectivity index (χ0n) is 13.2. The van der Waals surface area contributed by atoms with Crippen LogP contribution in [-0.4, -0.2) is 18.5 Å². The highest BCUT2D eigenvalue weighted by atomic mass is 35.5. The van der Waals surface area contributed by atoms with E-state index in [1.807, 2.05) is 38.1 Å². The van der Waals surface area contributed by atoms with Crippen LogP contribution in [0.15, 0.2) is 34.7 Å². The topological polar surface area (TPSA) is 54.3 Å². The van der Waals surface area contributed by atoms with Crippen LogP contribution in [0.5, 0.6) is 0 Å². The van der Waals surface area contributed by atoms with E-state index in [0.29, 0.717) is 28.9 Å². The molecule has 1 aromatic carbocycles. The molecular weight excluding hydrogens is 335 g/mol. The Morgan fingerprint density at radius 2 is 2.04 bits per heavy atom. The number of furan rings is 1. The highest BCUT2D eigenvalue weighted by Gasteiger charge is 2.14. The monoisotopic (exact) mass is 354 g/mol. The Hall–Kier alpha value is -1.49. The van der Waals surface area contributed by atoms with Crippen LogP contribution >= 0.6 is 23.2 Å². The second kappa shape index (κ2) is 8.39. The average Bonchev–Trinajstić information content (AvgIpc) is 3.01. The molecule has 2 rings (SSSR count). The van der Waals surface area contributed by atoms with Crippen LogP contribution in [0.25, 0.3) is 11.3 Å². The Labute approximate surface area is 146 Å². The van der Waals surface area contributed by atoms with Gasteiger partial charge in [-0.25, -0.2) is 0 Å². The number of rotatable bonds is 7. The minimum atomic E-state index is -0.287. The highest BCUT2D eigenvalue weighted by Crippen LogP contribution is 2.34. The first-order chi connectivity index (χ1) is 11.0. The van der Waals surface area contributed by atoms with Gasteiger partial charge in [0, 0.05) is 12.1 Å². The van der Waals surface area contributed by atoms with Crippen molar-refractivity contribution >= 4 is 29.1 Å². The molecule has 0 aliphatic rings. The number of carbonyl (C=O) groups excluding carboxylic acids is 1. The van der Waals surface area contributed by atoms with Gasteiger partial charge in [0.25, 0.3) is 0 Å². The number of amides is 1. The van der Waals surface area contributed by atoms with Crippen molar-refractivity contribution in [1.82, 2.24) is 10.6 Å². The molecule has 1 aromatic heterocycles. The van der Waals surface area contributed by atoms with E-state index in [1.54, 1.807) is 6.07 Å². The molecule has 0 saturated heterocycles. The second-order valence-electron chi connectivity index (χ2n) is 5.26. The lowest BCUT2D eigenvalue weighted by molar-refractivity contribution is -0.122. The lowest BCUT2D eigenvalue weighted by Crippen LogP contribution is -2.41. The molecule has 0 aliphatic carbocycles. The van der Waals surface area contributed by atoms with Gasteiger partial charge in [-0.1, -0.05) is 36.2 Å². The van der Waals surface area contributed by atoms with Crippen molar-refractivity contribution in [3.63, 3.8) is 0 Å². The molecule has 0 unspecified atom stereocenters. The van der Waals surface area contributed by atoms with Crippen LogP contribution in [0.3, 0.4) is 0 Å². The predicted octanol–water partition coefficient (Wildman–Crippen LogP) is 4.26. The van der Waals surface area contributed by atoms with Crippen LogP contribution in [0.2, 0.25) is 10.0 Å². The van der Waals surface area contributed by atoms with E-state index < -0.39 is 0 Å². The molecular formula is C17H20Cl2N2O2. The van der Waals surface area contributed by atoms with Crippen molar-refractivity contribution in [3.05, 3.63) is 46.1 Å². The second-order valence-corrected chi connectivity index (χ2v) is 6.05. The zero-order valence-corrected chi connectivity index (χ0v) is 14.7. The molecule has 1 heterocycles. The summed E-state index contributed by atoms with van der Waals surface area (Å²) in [4.78, 5) is 11.8. The summed E-state index contributed by atoms with van der Waals surface area (Å²) in [6, 6.07) is 8.82. The maximum atomic E-state index is 11.8. The van der Waals surface area contributed by atoms with Crippen LogP contribution in [0.1, 0.15) is 26.0 Å². The fraction of sp³-hybridized carbons (Fsp3) is 0.353. The third-order valence-corrected chi connectivity index (χ3v) is 4.22. The van der Waals surface area contributed by atoms with Crippen molar-refractivity contribution < 1.29 is 9.21 Å². The van der Waals surface area contributed by atoms with Crippen molar-refractivity contribution in [1.29, 1.82) is 0 Å². The number of benzene rings is 1. The smallest absolute Gasteiger partial charge is 0.236 e. The molecule has 124 valence electrons. The van der Waals surface area contributed by atoms with Crippen LogP contribution < -0.4 is 10.6 Å². The van der Waals surface area contributed by atoms with Crippen LogP contribution in [0, 0.1) is 0 Å². The normalized spacial score (nSPS) is 12.2. The third-order valence-electron chi connectivity index (χ3n) is 3.40. The van der Waals surface area contributed by atoms with E-state index in [1.165, 1.54) is 0 Å². The molecule has 0 radical (unpaired) electrons. The summed E-state index contributed by atoms with van der Waals surface area (Å²) in [7, 11) is 0. The summed E-state index contributed by atoms with van der Waals surface area (Å²) in [6.07, 6.45) is 0.917. The van der Waals surface area contributed by atoms with Gasteiger partial charge in [0.2, 0.25) is 5.91 Å². The summed E-state index contributed by atoms with van der Waals surface area (Å²) >= 11 is 12.2. The lowest BCUT2D eigenvalue weighted by atomic mass is 10.2. The van der Waals surface area contributed by atoms with Gasteiger partial charge in [-0.2, -0.15) is 0 Å². The summed E-state index contributed by atoms with van der Waals surface area (Å²) in [6.45, 7) is 4.98. The molecule has 2 aromatic rings. The number of carbonyl (C=O) groups is 1. The molecule has 0 spiro atoms. The first-order valence-corrected chi connectivity index (χ1v) is 8.32. The molecule has 0 fully saturated rings. The first kappa shape index (κ1) is 17.9. The quantitative estimate of drug-likeness (QED) is 0.780. The van der Waals surface area contributed by atoms with E-state index in [9.17, 15) is 4.79 Å². The van der Waals surface area contributed by atoms with Crippen molar-refractivity contribution in [2.24, 2.45) is 0 Å². The summed E-state index contributed by atoms with van der Waals surface area (Å²) in [5.74, 6) is 1.36. The fourth-order valence-corrected chi connectivity index (χ4v) is 2.45. The Balaban J connectivity index is 1.97. The summed E-state index contributed by atoms with van der Waals surface area (Å²) < 4.78 is 5.78. The maximum absolute atomic E-state index is 11.8. The van der Waals surface area contributed by atoms with E-state index in [4.69, 9.17) is 27.6 Å². The number of hydrogen-bond acceptors (Lipinski definition) is 3. The Bertz CT molecular complexity index is 670. The predicted molar refractivity (Wildman–Crippen MR) is 93.8 cm³/mol. The molecule has 4 nitrogen and oxygen atoms in total. The van der Waals surface area contributed by atoms with Gasteiger partial charge < -0.3 is 9.73 Å². The zero-order chi connectivity index (χ0) is 16.8. The molecule has 0 saturated carbocycles. The molecule has 1 atom stereocenters. The van der Waals surface area contributed by atoms with Crippen LogP contribution in [-0.2, 0) is 11.3 Å². The van der Waals surface area contributed by atoms with Gasteiger partial charge in [0.1, 0.15) is 11.5 Å². The first-order valence-electron chi connectivity index (χ1n) is 7.57. The van der Waals surface area contributed by atoms with Crippen molar-refractivity contribution in [2.75, 3.05) is 6.54 Å². The molecule has 0 aliphatic heterocycles. The highest BCUT2D eigenvalue weighted by molar-refractivity contribution is 6.43. The van der Waals surface area contributed by atoms with E-state index >= 15 is 0 Å². The third kappa shape index (κ3) is 4.74. The van der Waals surface area contributed by atoms with Gasteiger partial charge in [0.05, 0.1) is 22.6 Å². The molecule has 2 N–H and O–H groups in total. The van der Waals surface area contributed by atoms with Gasteiger partial charge >= 0.3 is 0 Å². The standard InChI is InChI=1S/C17H20Cl2N2O2/c1-3-9-20-17(22)11(2)21-10-12-7-8-15(23-12)13-5-4-6-14(18)16(13)19/h4-8,11,21H,3,9-10H2,1-2H3,(H,20,22)/t11-/m1/s1. The van der Waals surface area contributed by atoms with Gasteiger partial charge in [0.15, 0.2) is 0 Å². The molecule has 0 bridgehead atoms. The largest absolute Gasteiger partial charge is 0.460 e. The minimum Gasteiger partial charge on any atom is -0.460 e. The van der Waals surface area contributed by atoms with Crippen molar-refractivity contribution in [2.45, 2.75) is 32.9 Å². The molecule has 6 heteroatoms. The molecule has 1 amide bonds. The van der Waals surface area contributed by atoms with Gasteiger partial charge in [-0.05, 0) is 37.6 Å². The van der Waals surface area contributed by atoms with E-state index in [2.05, 4.69) is 10.6 Å². The van der Waals surface area contributed by atoms with E-state index in [-0.39, 0.29) is 11.9 Å². The summed E-state index contributed by atoms with van der Waals surface area (Å²) in [5.41, 5.74) is 0.749. The number of hydrogen-bond donors (Lipinski definition) is 2. The minimum absolute atomic E-state index is 0.0171. The summed E-state index contributed by atoms with van der Waals surface area (Å²) in [5, 5.41) is 6.94. The Morgan fingerprint density at radius 3 is 2.78 bits per heavy atom. The fourth-order valence-electron chi connectivity index (χ4n) is 2.06. The average molecular weight is 355 g/mol. The number of nitrogens with one attached hydrogen (secondary N) is 2. The van der Waals surface area contributed by atoms with Crippen molar-refractivity contribution in [3.8, 4) is 11.3 Å².